The van der Waals surface area contributed by atoms with Gasteiger partial charge in [-0.2, -0.15) is 0 Å². The van der Waals surface area contributed by atoms with Gasteiger partial charge < -0.3 is 14.8 Å². The van der Waals surface area contributed by atoms with E-state index in [1.807, 2.05) is 13.8 Å². The van der Waals surface area contributed by atoms with Crippen molar-refractivity contribution in [3.05, 3.63) is 34.3 Å². The minimum absolute atomic E-state index is 0.276. The lowest BCUT2D eigenvalue weighted by Crippen LogP contribution is -2.51. The number of benzene rings is 1. The highest BCUT2D eigenvalue weighted by Crippen LogP contribution is 2.17. The number of rotatable bonds is 4. The second-order valence-corrected chi connectivity index (χ2v) is 6.53. The van der Waals surface area contributed by atoms with Crippen LogP contribution < -0.4 is 5.32 Å². The predicted octanol–water partition coefficient (Wildman–Crippen LogP) is 3.12. The lowest BCUT2D eigenvalue weighted by molar-refractivity contribution is -0.253. The lowest BCUT2D eigenvalue weighted by atomic mass is 10.1. The SMILES string of the molecule is CC(Cc1ccc(Br)cc1)NC1COC(C)(C)OC1. The summed E-state index contributed by atoms with van der Waals surface area (Å²) in [4.78, 5) is 0. The van der Waals surface area contributed by atoms with Crippen LogP contribution in [0.1, 0.15) is 26.3 Å². The smallest absolute Gasteiger partial charge is 0.162 e. The van der Waals surface area contributed by atoms with Crippen LogP contribution in [0, 0.1) is 0 Å². The Labute approximate surface area is 123 Å². The van der Waals surface area contributed by atoms with Crippen molar-refractivity contribution in [1.29, 1.82) is 0 Å². The molecule has 1 unspecified atom stereocenters. The Balaban J connectivity index is 1.78. The molecule has 1 aliphatic rings. The molecule has 1 atom stereocenters. The van der Waals surface area contributed by atoms with Gasteiger partial charge in [0, 0.05) is 10.5 Å². The third-order valence-corrected chi connectivity index (χ3v) is 3.77. The Bertz CT molecular complexity index is 395. The summed E-state index contributed by atoms with van der Waals surface area (Å²) in [6.07, 6.45) is 1.01. The van der Waals surface area contributed by atoms with Crippen molar-refractivity contribution < 1.29 is 9.47 Å². The van der Waals surface area contributed by atoms with E-state index in [1.165, 1.54) is 5.56 Å². The van der Waals surface area contributed by atoms with Crippen molar-refractivity contribution in [1.82, 2.24) is 5.32 Å². The summed E-state index contributed by atoms with van der Waals surface area (Å²) in [5.41, 5.74) is 1.33. The average molecular weight is 328 g/mol. The van der Waals surface area contributed by atoms with E-state index < -0.39 is 5.79 Å². The molecule has 0 bridgehead atoms. The van der Waals surface area contributed by atoms with Crippen LogP contribution in [0.3, 0.4) is 0 Å². The van der Waals surface area contributed by atoms with Crippen LogP contribution >= 0.6 is 15.9 Å². The molecule has 1 aliphatic heterocycles. The normalized spacial score (nSPS) is 21.3. The van der Waals surface area contributed by atoms with E-state index in [1.54, 1.807) is 0 Å². The van der Waals surface area contributed by atoms with Crippen LogP contribution in [0.2, 0.25) is 0 Å². The zero-order valence-corrected chi connectivity index (χ0v) is 13.4. The quantitative estimate of drug-likeness (QED) is 0.921. The highest BCUT2D eigenvalue weighted by molar-refractivity contribution is 9.10. The molecule has 1 saturated heterocycles. The molecule has 0 radical (unpaired) electrons. The van der Waals surface area contributed by atoms with E-state index in [2.05, 4.69) is 52.4 Å². The van der Waals surface area contributed by atoms with Crippen LogP contribution in [0.4, 0.5) is 0 Å². The predicted molar refractivity (Wildman–Crippen MR) is 80.2 cm³/mol. The largest absolute Gasteiger partial charge is 0.349 e. The Morgan fingerprint density at radius 2 is 1.84 bits per heavy atom. The fourth-order valence-electron chi connectivity index (χ4n) is 2.22. The number of hydrogen-bond donors (Lipinski definition) is 1. The molecule has 19 heavy (non-hydrogen) atoms. The third-order valence-electron chi connectivity index (χ3n) is 3.24. The monoisotopic (exact) mass is 327 g/mol. The molecule has 1 aromatic carbocycles. The average Bonchev–Trinajstić information content (AvgIpc) is 2.35. The molecule has 1 N–H and O–H groups in total. The Morgan fingerprint density at radius 1 is 1.26 bits per heavy atom. The van der Waals surface area contributed by atoms with Crippen molar-refractivity contribution in [2.45, 2.75) is 45.1 Å². The Hall–Kier alpha value is -0.420. The maximum Gasteiger partial charge on any atom is 0.162 e. The molecule has 1 aromatic rings. The number of nitrogens with one attached hydrogen (secondary N) is 1. The summed E-state index contributed by atoms with van der Waals surface area (Å²) in [6, 6.07) is 9.14. The molecule has 106 valence electrons. The van der Waals surface area contributed by atoms with Crippen molar-refractivity contribution in [2.24, 2.45) is 0 Å². The maximum absolute atomic E-state index is 5.65. The highest BCUT2D eigenvalue weighted by Gasteiger charge is 2.28. The van der Waals surface area contributed by atoms with Crippen LogP contribution in [-0.2, 0) is 15.9 Å². The van der Waals surface area contributed by atoms with Gasteiger partial charge in [0.05, 0.1) is 19.3 Å². The Morgan fingerprint density at radius 3 is 2.42 bits per heavy atom. The molecule has 1 fully saturated rings. The summed E-state index contributed by atoms with van der Waals surface area (Å²) < 4.78 is 12.4. The first kappa shape index (κ1) is 15.0. The van der Waals surface area contributed by atoms with Gasteiger partial charge in [-0.25, -0.2) is 0 Å². The second kappa shape index (κ2) is 6.35. The van der Waals surface area contributed by atoms with Crippen molar-refractivity contribution in [3.63, 3.8) is 0 Å². The molecule has 4 heteroatoms. The van der Waals surface area contributed by atoms with Gasteiger partial charge in [0.1, 0.15) is 0 Å². The first-order valence-electron chi connectivity index (χ1n) is 6.73. The van der Waals surface area contributed by atoms with Crippen molar-refractivity contribution in [2.75, 3.05) is 13.2 Å². The maximum atomic E-state index is 5.65. The van der Waals surface area contributed by atoms with E-state index in [0.717, 1.165) is 10.9 Å². The number of ether oxygens (including phenoxy) is 2. The zero-order valence-electron chi connectivity index (χ0n) is 11.8. The van der Waals surface area contributed by atoms with Crippen LogP contribution in [0.5, 0.6) is 0 Å². The van der Waals surface area contributed by atoms with Crippen LogP contribution in [0.25, 0.3) is 0 Å². The first-order chi connectivity index (χ1) is 8.94. The van der Waals surface area contributed by atoms with Gasteiger partial charge in [0.15, 0.2) is 5.79 Å². The number of hydrogen-bond acceptors (Lipinski definition) is 3. The topological polar surface area (TPSA) is 30.5 Å². The van der Waals surface area contributed by atoms with Gasteiger partial charge in [0.2, 0.25) is 0 Å². The summed E-state index contributed by atoms with van der Waals surface area (Å²) in [5.74, 6) is -0.437. The fourth-order valence-corrected chi connectivity index (χ4v) is 2.49. The fraction of sp³-hybridized carbons (Fsp3) is 0.600. The highest BCUT2D eigenvalue weighted by atomic mass is 79.9. The Kier molecular flexibility index (Phi) is 5.01. The lowest BCUT2D eigenvalue weighted by Gasteiger charge is -2.36. The van der Waals surface area contributed by atoms with Gasteiger partial charge >= 0.3 is 0 Å². The molecule has 0 saturated carbocycles. The second-order valence-electron chi connectivity index (χ2n) is 5.62. The molecular weight excluding hydrogens is 306 g/mol. The van der Waals surface area contributed by atoms with E-state index in [9.17, 15) is 0 Å². The van der Waals surface area contributed by atoms with Gasteiger partial charge in [0.25, 0.3) is 0 Å². The minimum Gasteiger partial charge on any atom is -0.349 e. The van der Waals surface area contributed by atoms with Gasteiger partial charge in [-0.1, -0.05) is 28.1 Å². The summed E-state index contributed by atoms with van der Waals surface area (Å²) in [5, 5.41) is 3.56. The summed E-state index contributed by atoms with van der Waals surface area (Å²) in [6.45, 7) is 7.51. The zero-order chi connectivity index (χ0) is 13.9. The summed E-state index contributed by atoms with van der Waals surface area (Å²) in [7, 11) is 0. The van der Waals surface area contributed by atoms with Crippen LogP contribution in [-0.4, -0.2) is 31.1 Å². The van der Waals surface area contributed by atoms with Crippen molar-refractivity contribution >= 4 is 15.9 Å². The van der Waals surface area contributed by atoms with Gasteiger partial charge in [-0.05, 0) is 44.9 Å². The third kappa shape index (κ3) is 4.88. The first-order valence-corrected chi connectivity index (χ1v) is 7.52. The van der Waals surface area contributed by atoms with E-state index in [4.69, 9.17) is 9.47 Å². The van der Waals surface area contributed by atoms with Crippen molar-refractivity contribution in [3.8, 4) is 0 Å². The van der Waals surface area contributed by atoms with E-state index in [-0.39, 0.29) is 6.04 Å². The minimum atomic E-state index is -0.437. The van der Waals surface area contributed by atoms with Gasteiger partial charge in [-0.15, -0.1) is 0 Å². The number of halogens is 1. The van der Waals surface area contributed by atoms with E-state index >= 15 is 0 Å². The molecule has 0 spiro atoms. The summed E-state index contributed by atoms with van der Waals surface area (Å²) >= 11 is 3.45. The molecule has 0 amide bonds. The standard InChI is InChI=1S/C15H22BrNO2/c1-11(8-12-4-6-13(16)7-5-12)17-14-9-18-15(2,3)19-10-14/h4-7,11,14,17H,8-10H2,1-3H3. The molecule has 0 aromatic heterocycles. The molecule has 1 heterocycles. The molecule has 3 nitrogen and oxygen atoms in total. The van der Waals surface area contributed by atoms with Crippen LogP contribution in [0.15, 0.2) is 28.7 Å². The molecular formula is C15H22BrNO2. The molecule has 2 rings (SSSR count). The van der Waals surface area contributed by atoms with Gasteiger partial charge in [-0.3, -0.25) is 0 Å². The van der Waals surface area contributed by atoms with E-state index in [0.29, 0.717) is 19.3 Å². The molecule has 0 aliphatic carbocycles.